The fourth-order valence-electron chi connectivity index (χ4n) is 3.62. The molecule has 0 saturated carbocycles. The molecule has 8 nitrogen and oxygen atoms in total. The average molecular weight is 363 g/mol. The molecule has 1 fully saturated rings. The Hall–Kier alpha value is -3.26. The number of hydrogen-bond donors (Lipinski definition) is 1. The largest absolute Gasteiger partial charge is 0.356 e. The van der Waals surface area contributed by atoms with Crippen molar-refractivity contribution in [2.45, 2.75) is 25.5 Å². The summed E-state index contributed by atoms with van der Waals surface area (Å²) < 4.78 is 7.73. The van der Waals surface area contributed by atoms with E-state index in [1.165, 1.54) is 6.07 Å². The molecule has 0 spiro atoms. The van der Waals surface area contributed by atoms with E-state index in [2.05, 4.69) is 9.97 Å². The summed E-state index contributed by atoms with van der Waals surface area (Å²) in [6.45, 7) is 0.693. The highest BCUT2D eigenvalue weighted by molar-refractivity contribution is 5.94. The number of non-ortho nitro benzene ring substituents is 1. The Bertz CT molecular complexity index is 1120. The van der Waals surface area contributed by atoms with Gasteiger partial charge in [-0.3, -0.25) is 10.1 Å². The van der Waals surface area contributed by atoms with E-state index in [0.29, 0.717) is 23.5 Å². The van der Waals surface area contributed by atoms with Crippen molar-refractivity contribution in [2.75, 3.05) is 6.61 Å². The number of fused-ring (bicyclic) bond motifs is 2. The van der Waals surface area contributed by atoms with Crippen LogP contribution in [0.25, 0.3) is 33.5 Å². The first kappa shape index (κ1) is 16.0. The molecule has 3 heterocycles. The van der Waals surface area contributed by atoms with Crippen molar-refractivity contribution in [1.29, 1.82) is 0 Å². The monoisotopic (exact) mass is 363 g/mol. The second-order valence-electron chi connectivity index (χ2n) is 6.68. The van der Waals surface area contributed by atoms with Crippen LogP contribution in [0, 0.1) is 10.1 Å². The maximum Gasteiger partial charge on any atom is 0.270 e. The topological polar surface area (TPSA) is 98.9 Å². The van der Waals surface area contributed by atoms with Crippen molar-refractivity contribution < 1.29 is 9.66 Å². The van der Waals surface area contributed by atoms with Gasteiger partial charge >= 0.3 is 0 Å². The first-order valence-corrected chi connectivity index (χ1v) is 8.94. The van der Waals surface area contributed by atoms with E-state index in [1.54, 1.807) is 12.1 Å². The summed E-state index contributed by atoms with van der Waals surface area (Å²) in [5.74, 6) is 0.594. The molecule has 0 radical (unpaired) electrons. The van der Waals surface area contributed by atoms with Crippen molar-refractivity contribution >= 4 is 27.6 Å². The number of rotatable bonds is 3. The van der Waals surface area contributed by atoms with E-state index in [-0.39, 0.29) is 11.9 Å². The van der Waals surface area contributed by atoms with Gasteiger partial charge in [0, 0.05) is 24.1 Å². The normalized spacial score (nSPS) is 17.6. The molecule has 8 heteroatoms. The van der Waals surface area contributed by atoms with Crippen LogP contribution in [0.3, 0.4) is 0 Å². The number of imidazole rings is 1. The number of aromatic nitrogens is 4. The summed E-state index contributed by atoms with van der Waals surface area (Å²) in [6, 6.07) is 12.5. The Labute approximate surface area is 153 Å². The standard InChI is InChI=1S/C19H17N5O3/c25-24(26)12-8-9-16-13(11-12)18(22-23(16)17-7-3-4-10-27-17)19-20-14-5-1-2-6-15(14)21-19/h1-2,5-6,8-9,11,17H,3-4,7,10H2,(H,20,21). The number of nitro benzene ring substituents is 1. The molecule has 27 heavy (non-hydrogen) atoms. The summed E-state index contributed by atoms with van der Waals surface area (Å²) in [6.07, 6.45) is 2.81. The quantitative estimate of drug-likeness (QED) is 0.435. The van der Waals surface area contributed by atoms with Gasteiger partial charge in [-0.15, -0.1) is 0 Å². The van der Waals surface area contributed by atoms with Crippen molar-refractivity contribution in [1.82, 2.24) is 19.7 Å². The lowest BCUT2D eigenvalue weighted by atomic mass is 10.1. The average Bonchev–Trinajstić information content (AvgIpc) is 3.29. The number of aromatic amines is 1. The predicted octanol–water partition coefficient (Wildman–Crippen LogP) is 4.19. The van der Waals surface area contributed by atoms with E-state index in [4.69, 9.17) is 9.84 Å². The highest BCUT2D eigenvalue weighted by Crippen LogP contribution is 2.34. The molecular formula is C19H17N5O3. The van der Waals surface area contributed by atoms with Gasteiger partial charge in [-0.2, -0.15) is 5.10 Å². The minimum absolute atomic E-state index is 0.0315. The third-order valence-corrected chi connectivity index (χ3v) is 4.94. The first-order chi connectivity index (χ1) is 13.2. The van der Waals surface area contributed by atoms with Crippen LogP contribution in [0.15, 0.2) is 42.5 Å². The smallest absolute Gasteiger partial charge is 0.270 e. The molecule has 0 aliphatic carbocycles. The Morgan fingerprint density at radius 1 is 1.22 bits per heavy atom. The van der Waals surface area contributed by atoms with E-state index in [0.717, 1.165) is 35.8 Å². The number of benzene rings is 2. The highest BCUT2D eigenvalue weighted by Gasteiger charge is 2.24. The maximum atomic E-state index is 11.3. The zero-order chi connectivity index (χ0) is 18.4. The Balaban J connectivity index is 1.73. The van der Waals surface area contributed by atoms with Crippen LogP contribution >= 0.6 is 0 Å². The second-order valence-corrected chi connectivity index (χ2v) is 6.68. The molecule has 2 aromatic heterocycles. The molecular weight excluding hydrogens is 346 g/mol. The summed E-state index contributed by atoms with van der Waals surface area (Å²) in [5.41, 5.74) is 3.16. The lowest BCUT2D eigenvalue weighted by Gasteiger charge is -2.23. The van der Waals surface area contributed by atoms with Crippen molar-refractivity contribution in [3.63, 3.8) is 0 Å². The van der Waals surface area contributed by atoms with Crippen LogP contribution in [-0.4, -0.2) is 31.3 Å². The second kappa shape index (κ2) is 6.17. The molecule has 1 aliphatic rings. The van der Waals surface area contributed by atoms with Crippen LogP contribution in [0.1, 0.15) is 25.5 Å². The number of para-hydroxylation sites is 2. The van der Waals surface area contributed by atoms with E-state index < -0.39 is 4.92 Å². The van der Waals surface area contributed by atoms with E-state index in [1.807, 2.05) is 28.9 Å². The van der Waals surface area contributed by atoms with Crippen molar-refractivity contribution in [3.05, 3.63) is 52.6 Å². The number of nitro groups is 1. The molecule has 1 aliphatic heterocycles. The maximum absolute atomic E-state index is 11.3. The van der Waals surface area contributed by atoms with Gasteiger partial charge in [0.05, 0.1) is 21.5 Å². The van der Waals surface area contributed by atoms with Crippen LogP contribution in [0.5, 0.6) is 0 Å². The van der Waals surface area contributed by atoms with Gasteiger partial charge in [0.2, 0.25) is 0 Å². The van der Waals surface area contributed by atoms with E-state index in [9.17, 15) is 10.1 Å². The Kier molecular flexibility index (Phi) is 3.64. The number of nitrogens with zero attached hydrogens (tertiary/aromatic N) is 4. The third kappa shape index (κ3) is 2.65. The molecule has 5 rings (SSSR count). The molecule has 1 saturated heterocycles. The summed E-state index contributed by atoms with van der Waals surface area (Å²) >= 11 is 0. The Morgan fingerprint density at radius 3 is 2.89 bits per heavy atom. The van der Waals surface area contributed by atoms with Crippen molar-refractivity contribution in [2.24, 2.45) is 0 Å². The van der Waals surface area contributed by atoms with Crippen LogP contribution < -0.4 is 0 Å². The number of hydrogen-bond acceptors (Lipinski definition) is 5. The molecule has 0 amide bonds. The van der Waals surface area contributed by atoms with Gasteiger partial charge in [0.15, 0.2) is 12.1 Å². The zero-order valence-electron chi connectivity index (χ0n) is 14.5. The fourth-order valence-corrected chi connectivity index (χ4v) is 3.62. The van der Waals surface area contributed by atoms with Gasteiger partial charge in [-0.05, 0) is 37.5 Å². The lowest BCUT2D eigenvalue weighted by Crippen LogP contribution is -2.19. The minimum Gasteiger partial charge on any atom is -0.356 e. The van der Waals surface area contributed by atoms with Gasteiger partial charge in [0.25, 0.3) is 5.69 Å². The summed E-state index contributed by atoms with van der Waals surface area (Å²) in [5, 5.41) is 16.7. The number of ether oxygens (including phenoxy) is 1. The Morgan fingerprint density at radius 2 is 2.11 bits per heavy atom. The lowest BCUT2D eigenvalue weighted by molar-refractivity contribution is -0.384. The summed E-state index contributed by atoms with van der Waals surface area (Å²) in [7, 11) is 0. The van der Waals surface area contributed by atoms with Crippen LogP contribution in [0.4, 0.5) is 5.69 Å². The molecule has 1 atom stereocenters. The number of nitrogens with one attached hydrogen (secondary N) is 1. The van der Waals surface area contributed by atoms with Gasteiger partial charge in [-0.25, -0.2) is 9.67 Å². The molecule has 136 valence electrons. The molecule has 2 aromatic carbocycles. The van der Waals surface area contributed by atoms with Gasteiger partial charge in [0.1, 0.15) is 5.69 Å². The van der Waals surface area contributed by atoms with Gasteiger partial charge in [-0.1, -0.05) is 12.1 Å². The summed E-state index contributed by atoms with van der Waals surface area (Å²) in [4.78, 5) is 18.8. The molecule has 0 bridgehead atoms. The van der Waals surface area contributed by atoms with Crippen LogP contribution in [0.2, 0.25) is 0 Å². The van der Waals surface area contributed by atoms with Crippen molar-refractivity contribution in [3.8, 4) is 11.5 Å². The van der Waals surface area contributed by atoms with E-state index >= 15 is 0 Å². The molecule has 4 aromatic rings. The molecule has 1 N–H and O–H groups in total. The first-order valence-electron chi connectivity index (χ1n) is 8.94. The SMILES string of the molecule is O=[N+]([O-])c1ccc2c(c1)c(-c1nc3ccccc3[nH]1)nn2C1CCCCO1. The van der Waals surface area contributed by atoms with Crippen LogP contribution in [-0.2, 0) is 4.74 Å². The fraction of sp³-hybridized carbons (Fsp3) is 0.263. The zero-order valence-corrected chi connectivity index (χ0v) is 14.5. The highest BCUT2D eigenvalue weighted by atomic mass is 16.6. The number of H-pyrrole nitrogens is 1. The predicted molar refractivity (Wildman–Crippen MR) is 100 cm³/mol. The minimum atomic E-state index is -0.393. The molecule has 1 unspecified atom stereocenters. The third-order valence-electron chi connectivity index (χ3n) is 4.94. The van der Waals surface area contributed by atoms with Gasteiger partial charge < -0.3 is 9.72 Å².